The van der Waals surface area contributed by atoms with Gasteiger partial charge in [-0.1, -0.05) is 42.6 Å². The van der Waals surface area contributed by atoms with E-state index in [0.29, 0.717) is 36.8 Å². The molecule has 1 aromatic heterocycles. The van der Waals surface area contributed by atoms with Gasteiger partial charge in [-0.15, -0.1) is 0 Å². The minimum atomic E-state index is -1.32. The van der Waals surface area contributed by atoms with Crippen molar-refractivity contribution in [1.29, 1.82) is 0 Å². The molecule has 1 saturated carbocycles. The van der Waals surface area contributed by atoms with Crippen LogP contribution >= 0.6 is 11.6 Å². The minimum Gasteiger partial charge on any atom is -0.339 e. The Morgan fingerprint density at radius 3 is 2.40 bits per heavy atom. The quantitative estimate of drug-likeness (QED) is 0.627. The molecule has 4 amide bonds. The predicted molar refractivity (Wildman–Crippen MR) is 125 cm³/mol. The van der Waals surface area contributed by atoms with Gasteiger partial charge in [-0.05, 0) is 24.5 Å². The van der Waals surface area contributed by atoms with E-state index in [4.69, 9.17) is 11.6 Å². The van der Waals surface area contributed by atoms with Gasteiger partial charge in [0.2, 0.25) is 23.5 Å². The number of rotatable bonds is 5. The van der Waals surface area contributed by atoms with Crippen LogP contribution in [-0.4, -0.2) is 85.7 Å². The second kappa shape index (κ2) is 9.41. The molecule has 1 atom stereocenters. The second-order valence-electron chi connectivity index (χ2n) is 9.43. The largest absolute Gasteiger partial charge is 0.339 e. The standard InChI is InChI=1S/C24H27ClN6O4/c25-18-8-4-3-7-17(18)24(14-20(33)31(23(24)35)16-5-1-2-6-16)13-19(32)29-9-11-30(12-10-29)22(34)21-26-15-27-28-21/h3-4,7-8,15-16H,1-2,5-6,9-14H2,(H,26,27,28). The highest BCUT2D eigenvalue weighted by Gasteiger charge is 2.56. The van der Waals surface area contributed by atoms with Crippen molar-refractivity contribution in [2.24, 2.45) is 0 Å². The number of halogens is 1. The molecular weight excluding hydrogens is 472 g/mol. The maximum Gasteiger partial charge on any atom is 0.291 e. The normalized spacial score (nSPS) is 23.4. The molecule has 1 unspecified atom stereocenters. The van der Waals surface area contributed by atoms with E-state index in [2.05, 4.69) is 15.2 Å². The average molecular weight is 499 g/mol. The lowest BCUT2D eigenvalue weighted by Gasteiger charge is -2.36. The van der Waals surface area contributed by atoms with Crippen molar-refractivity contribution in [1.82, 2.24) is 29.9 Å². The predicted octanol–water partition coefficient (Wildman–Crippen LogP) is 1.77. The number of hydrogen-bond donors (Lipinski definition) is 1. The number of amides is 4. The Morgan fingerprint density at radius 1 is 1.06 bits per heavy atom. The number of H-pyrrole nitrogens is 1. The molecule has 1 aromatic carbocycles. The fourth-order valence-corrected chi connectivity index (χ4v) is 5.89. The van der Waals surface area contributed by atoms with E-state index >= 15 is 0 Å². The Morgan fingerprint density at radius 2 is 1.74 bits per heavy atom. The molecule has 5 rings (SSSR count). The maximum atomic E-state index is 13.9. The van der Waals surface area contributed by atoms with Gasteiger partial charge in [-0.3, -0.25) is 29.2 Å². The van der Waals surface area contributed by atoms with E-state index in [1.165, 1.54) is 11.2 Å². The fourth-order valence-electron chi connectivity index (χ4n) is 5.57. The lowest BCUT2D eigenvalue weighted by molar-refractivity contribution is -0.145. The number of imide groups is 1. The van der Waals surface area contributed by atoms with E-state index in [9.17, 15) is 19.2 Å². The number of nitrogens with zero attached hydrogens (tertiary/aromatic N) is 5. The molecule has 3 heterocycles. The highest BCUT2D eigenvalue weighted by Crippen LogP contribution is 2.45. The summed E-state index contributed by atoms with van der Waals surface area (Å²) < 4.78 is 0. The van der Waals surface area contributed by atoms with Crippen LogP contribution in [0.4, 0.5) is 0 Å². The van der Waals surface area contributed by atoms with Crippen LogP contribution in [0.2, 0.25) is 5.02 Å². The molecular formula is C24H27ClN6O4. The van der Waals surface area contributed by atoms with Crippen LogP contribution < -0.4 is 0 Å². The third-order valence-corrected chi connectivity index (χ3v) is 7.75. The summed E-state index contributed by atoms with van der Waals surface area (Å²) in [6.07, 6.45) is 4.63. The van der Waals surface area contributed by atoms with Gasteiger partial charge in [0.05, 0.1) is 5.41 Å². The van der Waals surface area contributed by atoms with Crippen LogP contribution in [-0.2, 0) is 19.8 Å². The van der Waals surface area contributed by atoms with Gasteiger partial charge in [0.1, 0.15) is 6.33 Å². The molecule has 0 bridgehead atoms. The molecule has 0 radical (unpaired) electrons. The molecule has 0 spiro atoms. The lowest BCUT2D eigenvalue weighted by atomic mass is 9.75. The summed E-state index contributed by atoms with van der Waals surface area (Å²) in [6, 6.07) is 6.86. The maximum absolute atomic E-state index is 13.9. The van der Waals surface area contributed by atoms with Crippen LogP contribution in [0.5, 0.6) is 0 Å². The Hall–Kier alpha value is -3.27. The Bertz CT molecular complexity index is 1140. The first-order valence-electron chi connectivity index (χ1n) is 11.9. The molecule has 11 heteroatoms. The molecule has 1 aliphatic carbocycles. The van der Waals surface area contributed by atoms with Gasteiger partial charge in [0.15, 0.2) is 0 Å². The lowest BCUT2D eigenvalue weighted by Crippen LogP contribution is -2.52. The third-order valence-electron chi connectivity index (χ3n) is 7.42. The average Bonchev–Trinajstić information content (AvgIpc) is 3.62. The first-order valence-corrected chi connectivity index (χ1v) is 12.3. The van der Waals surface area contributed by atoms with Crippen LogP contribution in [0, 0.1) is 0 Å². The monoisotopic (exact) mass is 498 g/mol. The van der Waals surface area contributed by atoms with E-state index in [0.717, 1.165) is 25.7 Å². The summed E-state index contributed by atoms with van der Waals surface area (Å²) in [5, 5.41) is 6.64. The number of nitrogens with one attached hydrogen (secondary N) is 1. The highest BCUT2D eigenvalue weighted by atomic mass is 35.5. The molecule has 10 nitrogen and oxygen atoms in total. The van der Waals surface area contributed by atoms with Gasteiger partial charge >= 0.3 is 0 Å². The molecule has 2 aromatic rings. The number of aromatic amines is 1. The van der Waals surface area contributed by atoms with Crippen molar-refractivity contribution in [2.45, 2.75) is 50.0 Å². The zero-order chi connectivity index (χ0) is 24.6. The highest BCUT2D eigenvalue weighted by molar-refractivity contribution is 6.32. The second-order valence-corrected chi connectivity index (χ2v) is 9.84. The van der Waals surface area contributed by atoms with Crippen molar-refractivity contribution in [3.8, 4) is 0 Å². The van der Waals surface area contributed by atoms with Crippen molar-refractivity contribution in [2.75, 3.05) is 26.2 Å². The zero-order valence-electron chi connectivity index (χ0n) is 19.3. The van der Waals surface area contributed by atoms with Gasteiger partial charge in [0.25, 0.3) is 5.91 Å². The van der Waals surface area contributed by atoms with Crippen molar-refractivity contribution >= 4 is 35.2 Å². The Kier molecular flexibility index (Phi) is 6.31. The molecule has 184 valence electrons. The molecule has 35 heavy (non-hydrogen) atoms. The Balaban J connectivity index is 1.36. The number of aromatic nitrogens is 3. The molecule has 1 N–H and O–H groups in total. The van der Waals surface area contributed by atoms with E-state index in [-0.39, 0.29) is 48.3 Å². The number of carbonyl (C=O) groups is 4. The first-order chi connectivity index (χ1) is 16.9. The summed E-state index contributed by atoms with van der Waals surface area (Å²) in [5.74, 6) is -0.909. The van der Waals surface area contributed by atoms with Crippen molar-refractivity contribution in [3.05, 3.63) is 47.0 Å². The van der Waals surface area contributed by atoms with Crippen LogP contribution in [0.25, 0.3) is 0 Å². The number of likely N-dealkylation sites (tertiary alicyclic amines) is 1. The van der Waals surface area contributed by atoms with Gasteiger partial charge in [0, 0.05) is 50.1 Å². The topological polar surface area (TPSA) is 120 Å². The minimum absolute atomic E-state index is 0.0677. The first kappa shape index (κ1) is 23.5. The fraction of sp³-hybridized carbons (Fsp3) is 0.500. The third kappa shape index (κ3) is 4.20. The van der Waals surface area contributed by atoms with E-state index in [1.54, 1.807) is 34.1 Å². The van der Waals surface area contributed by atoms with Crippen LogP contribution in [0.15, 0.2) is 30.6 Å². The summed E-state index contributed by atoms with van der Waals surface area (Å²) in [4.78, 5) is 61.6. The van der Waals surface area contributed by atoms with Crippen molar-refractivity contribution in [3.63, 3.8) is 0 Å². The molecule has 2 saturated heterocycles. The summed E-state index contributed by atoms with van der Waals surface area (Å²) in [6.45, 7) is 1.33. The van der Waals surface area contributed by atoms with Crippen LogP contribution in [0.3, 0.4) is 0 Å². The number of benzene rings is 1. The Labute approximate surface area is 207 Å². The summed E-state index contributed by atoms with van der Waals surface area (Å²) in [7, 11) is 0. The summed E-state index contributed by atoms with van der Waals surface area (Å²) in [5.41, 5.74) is -0.796. The molecule has 2 aliphatic heterocycles. The molecule has 3 fully saturated rings. The van der Waals surface area contributed by atoms with Gasteiger partial charge in [-0.2, -0.15) is 5.10 Å². The zero-order valence-corrected chi connectivity index (χ0v) is 20.0. The van der Waals surface area contributed by atoms with Gasteiger partial charge in [-0.25, -0.2) is 4.98 Å². The van der Waals surface area contributed by atoms with Gasteiger partial charge < -0.3 is 9.80 Å². The van der Waals surface area contributed by atoms with Crippen LogP contribution in [0.1, 0.15) is 54.7 Å². The van der Waals surface area contributed by atoms with E-state index in [1.807, 2.05) is 0 Å². The molecule has 3 aliphatic rings. The summed E-state index contributed by atoms with van der Waals surface area (Å²) >= 11 is 6.52. The number of piperazine rings is 1. The number of carbonyl (C=O) groups excluding carboxylic acids is 4. The number of hydrogen-bond acceptors (Lipinski definition) is 6. The van der Waals surface area contributed by atoms with Crippen molar-refractivity contribution < 1.29 is 19.2 Å². The van der Waals surface area contributed by atoms with E-state index < -0.39 is 5.41 Å². The SMILES string of the molecule is O=C(CC1(c2ccccc2Cl)CC(=O)N(C2CCCC2)C1=O)N1CCN(C(=O)c2ncn[nH]2)CC1. The smallest absolute Gasteiger partial charge is 0.291 e.